The standard InChI is InChI=1S/C17H26IN/c1-2-3-13-4-8-15(9-5-13)17(19)12-14-6-10-16(18)11-7-14/h6-7,10-11,13,15,17H,2-5,8-9,12,19H2,1H3. The zero-order valence-corrected chi connectivity index (χ0v) is 14.1. The first-order chi connectivity index (χ1) is 9.19. The van der Waals surface area contributed by atoms with Gasteiger partial charge in [0.2, 0.25) is 0 Å². The number of hydrogen-bond acceptors (Lipinski definition) is 1. The zero-order valence-electron chi connectivity index (χ0n) is 11.9. The van der Waals surface area contributed by atoms with Crippen molar-refractivity contribution in [2.75, 3.05) is 0 Å². The molecule has 0 aliphatic heterocycles. The number of rotatable bonds is 5. The van der Waals surface area contributed by atoms with E-state index in [1.54, 1.807) is 0 Å². The second-order valence-corrected chi connectivity index (χ2v) is 7.31. The van der Waals surface area contributed by atoms with Crippen molar-refractivity contribution >= 4 is 22.6 Å². The molecule has 0 saturated heterocycles. The van der Waals surface area contributed by atoms with Crippen LogP contribution in [0.4, 0.5) is 0 Å². The molecule has 106 valence electrons. The van der Waals surface area contributed by atoms with Crippen molar-refractivity contribution in [1.82, 2.24) is 0 Å². The monoisotopic (exact) mass is 371 g/mol. The van der Waals surface area contributed by atoms with E-state index >= 15 is 0 Å². The Morgan fingerprint density at radius 2 is 1.79 bits per heavy atom. The lowest BCUT2D eigenvalue weighted by Crippen LogP contribution is -2.34. The molecule has 1 aliphatic rings. The van der Waals surface area contributed by atoms with Crippen LogP contribution in [0.25, 0.3) is 0 Å². The summed E-state index contributed by atoms with van der Waals surface area (Å²) in [5, 5.41) is 0. The van der Waals surface area contributed by atoms with Crippen molar-refractivity contribution in [3.63, 3.8) is 0 Å². The van der Waals surface area contributed by atoms with Crippen LogP contribution in [0.15, 0.2) is 24.3 Å². The second-order valence-electron chi connectivity index (χ2n) is 6.06. The van der Waals surface area contributed by atoms with Crippen LogP contribution in [0, 0.1) is 15.4 Å². The molecular formula is C17H26IN. The fourth-order valence-corrected chi connectivity index (χ4v) is 3.73. The topological polar surface area (TPSA) is 26.0 Å². The molecule has 19 heavy (non-hydrogen) atoms. The number of hydrogen-bond donors (Lipinski definition) is 1. The number of halogens is 1. The Kier molecular flexibility index (Phi) is 6.14. The summed E-state index contributed by atoms with van der Waals surface area (Å²) < 4.78 is 1.30. The molecule has 1 unspecified atom stereocenters. The van der Waals surface area contributed by atoms with Crippen molar-refractivity contribution in [3.8, 4) is 0 Å². The lowest BCUT2D eigenvalue weighted by atomic mass is 9.76. The smallest absolute Gasteiger partial charge is 0.0130 e. The molecule has 1 aromatic rings. The molecule has 0 spiro atoms. The molecule has 1 nitrogen and oxygen atoms in total. The highest BCUT2D eigenvalue weighted by molar-refractivity contribution is 14.1. The molecule has 0 aromatic heterocycles. The van der Waals surface area contributed by atoms with Gasteiger partial charge in [0.15, 0.2) is 0 Å². The molecule has 0 heterocycles. The second kappa shape index (κ2) is 7.63. The molecule has 2 N–H and O–H groups in total. The summed E-state index contributed by atoms with van der Waals surface area (Å²) in [5.41, 5.74) is 7.83. The van der Waals surface area contributed by atoms with Crippen LogP contribution in [-0.4, -0.2) is 6.04 Å². The van der Waals surface area contributed by atoms with E-state index in [0.717, 1.165) is 18.3 Å². The van der Waals surface area contributed by atoms with Gasteiger partial charge in [-0.2, -0.15) is 0 Å². The van der Waals surface area contributed by atoms with Crippen LogP contribution in [0.1, 0.15) is 51.0 Å². The molecule has 0 bridgehead atoms. The fourth-order valence-electron chi connectivity index (χ4n) is 3.37. The highest BCUT2D eigenvalue weighted by Crippen LogP contribution is 2.33. The van der Waals surface area contributed by atoms with Crippen LogP contribution < -0.4 is 5.73 Å². The first-order valence-electron chi connectivity index (χ1n) is 7.69. The van der Waals surface area contributed by atoms with E-state index in [0.29, 0.717) is 6.04 Å². The van der Waals surface area contributed by atoms with Gasteiger partial charge in [-0.05, 0) is 71.4 Å². The summed E-state index contributed by atoms with van der Waals surface area (Å²) in [6.07, 6.45) is 9.29. The maximum absolute atomic E-state index is 6.44. The SMILES string of the molecule is CCCC1CCC(C(N)Cc2ccc(I)cc2)CC1. The molecule has 1 atom stereocenters. The third-order valence-corrected chi connectivity index (χ3v) is 5.30. The summed E-state index contributed by atoms with van der Waals surface area (Å²) in [6.45, 7) is 2.30. The van der Waals surface area contributed by atoms with Gasteiger partial charge in [-0.3, -0.25) is 0 Å². The van der Waals surface area contributed by atoms with Crippen LogP contribution in [0.2, 0.25) is 0 Å². The highest BCUT2D eigenvalue weighted by Gasteiger charge is 2.25. The van der Waals surface area contributed by atoms with Crippen molar-refractivity contribution in [1.29, 1.82) is 0 Å². The minimum absolute atomic E-state index is 0.350. The molecule has 1 aliphatic carbocycles. The van der Waals surface area contributed by atoms with Crippen LogP contribution in [0.5, 0.6) is 0 Å². The van der Waals surface area contributed by atoms with E-state index in [4.69, 9.17) is 5.73 Å². The van der Waals surface area contributed by atoms with Gasteiger partial charge in [0.1, 0.15) is 0 Å². The van der Waals surface area contributed by atoms with Crippen molar-refractivity contribution < 1.29 is 0 Å². The van der Waals surface area contributed by atoms with E-state index in [-0.39, 0.29) is 0 Å². The van der Waals surface area contributed by atoms with Gasteiger partial charge in [-0.1, -0.05) is 44.7 Å². The minimum Gasteiger partial charge on any atom is -0.327 e. The molecule has 1 aromatic carbocycles. The fraction of sp³-hybridized carbons (Fsp3) is 0.647. The molecule has 0 amide bonds. The average molecular weight is 371 g/mol. The normalized spacial score (nSPS) is 25.2. The Morgan fingerprint density at radius 3 is 2.37 bits per heavy atom. The molecule has 1 fully saturated rings. The Balaban J connectivity index is 1.81. The predicted molar refractivity (Wildman–Crippen MR) is 91.2 cm³/mol. The van der Waals surface area contributed by atoms with Gasteiger partial charge in [0, 0.05) is 9.61 Å². The Bertz CT molecular complexity index is 365. The highest BCUT2D eigenvalue weighted by atomic mass is 127. The first kappa shape index (κ1) is 15.3. The van der Waals surface area contributed by atoms with Gasteiger partial charge >= 0.3 is 0 Å². The van der Waals surface area contributed by atoms with Crippen LogP contribution in [-0.2, 0) is 6.42 Å². The number of benzene rings is 1. The maximum Gasteiger partial charge on any atom is 0.0130 e. The van der Waals surface area contributed by atoms with Gasteiger partial charge < -0.3 is 5.73 Å². The first-order valence-corrected chi connectivity index (χ1v) is 8.77. The van der Waals surface area contributed by atoms with Crippen LogP contribution in [0.3, 0.4) is 0 Å². The number of nitrogens with two attached hydrogens (primary N) is 1. The summed E-state index contributed by atoms with van der Waals surface area (Å²) in [4.78, 5) is 0. The summed E-state index contributed by atoms with van der Waals surface area (Å²) in [5.74, 6) is 1.72. The van der Waals surface area contributed by atoms with E-state index in [9.17, 15) is 0 Å². The third kappa shape index (κ3) is 4.75. The van der Waals surface area contributed by atoms with Gasteiger partial charge in [0.25, 0.3) is 0 Å². The van der Waals surface area contributed by atoms with Crippen molar-refractivity contribution in [3.05, 3.63) is 33.4 Å². The van der Waals surface area contributed by atoms with Gasteiger partial charge in [-0.15, -0.1) is 0 Å². The van der Waals surface area contributed by atoms with Crippen molar-refractivity contribution in [2.45, 2.75) is 57.9 Å². The molecule has 2 rings (SSSR count). The van der Waals surface area contributed by atoms with E-state index in [2.05, 4.69) is 53.8 Å². The van der Waals surface area contributed by atoms with E-state index < -0.39 is 0 Å². The molecule has 2 heteroatoms. The lowest BCUT2D eigenvalue weighted by molar-refractivity contribution is 0.232. The summed E-state index contributed by atoms with van der Waals surface area (Å²) >= 11 is 2.35. The maximum atomic E-state index is 6.44. The van der Waals surface area contributed by atoms with Crippen molar-refractivity contribution in [2.24, 2.45) is 17.6 Å². The predicted octanol–water partition coefficient (Wildman–Crippen LogP) is 4.77. The third-order valence-electron chi connectivity index (χ3n) is 4.58. The molecular weight excluding hydrogens is 345 g/mol. The summed E-state index contributed by atoms with van der Waals surface area (Å²) in [7, 11) is 0. The molecule has 1 saturated carbocycles. The largest absolute Gasteiger partial charge is 0.327 e. The lowest BCUT2D eigenvalue weighted by Gasteiger charge is -2.32. The van der Waals surface area contributed by atoms with E-state index in [1.807, 2.05) is 0 Å². The Labute approximate surface area is 131 Å². The average Bonchev–Trinajstić information content (AvgIpc) is 2.42. The summed E-state index contributed by atoms with van der Waals surface area (Å²) in [6, 6.07) is 9.17. The van der Waals surface area contributed by atoms with Crippen LogP contribution >= 0.6 is 22.6 Å². The minimum atomic E-state index is 0.350. The Hall–Kier alpha value is -0.0900. The van der Waals surface area contributed by atoms with Gasteiger partial charge in [0.05, 0.1) is 0 Å². The Morgan fingerprint density at radius 1 is 1.16 bits per heavy atom. The molecule has 0 radical (unpaired) electrons. The zero-order chi connectivity index (χ0) is 13.7. The van der Waals surface area contributed by atoms with Gasteiger partial charge in [-0.25, -0.2) is 0 Å². The quantitative estimate of drug-likeness (QED) is 0.742. The van der Waals surface area contributed by atoms with E-state index in [1.165, 1.54) is 47.7 Å².